The Labute approximate surface area is 317 Å². The fraction of sp³-hybridized carbons (Fsp3) is 0. The van der Waals surface area contributed by atoms with Gasteiger partial charge in [0.25, 0.3) is 0 Å². The van der Waals surface area contributed by atoms with Crippen LogP contribution in [-0.4, -0.2) is 14.5 Å². The van der Waals surface area contributed by atoms with Crippen LogP contribution in [0.25, 0.3) is 83.3 Å². The van der Waals surface area contributed by atoms with Crippen LogP contribution in [0, 0.1) is 0 Å². The zero-order chi connectivity index (χ0) is 36.3. The van der Waals surface area contributed by atoms with Crippen LogP contribution in [-0.2, 0) is 0 Å². The van der Waals surface area contributed by atoms with Gasteiger partial charge in [0, 0.05) is 38.5 Å². The number of rotatable bonds is 5. The molecule has 55 heavy (non-hydrogen) atoms. The average Bonchev–Trinajstić information content (AvgIpc) is 3.61. The average molecular weight is 706 g/mol. The van der Waals surface area contributed by atoms with Crippen LogP contribution in [0.4, 0.5) is 0 Å². The van der Waals surface area contributed by atoms with E-state index in [-0.39, 0.29) is 0 Å². The lowest BCUT2D eigenvalue weighted by Gasteiger charge is -2.23. The van der Waals surface area contributed by atoms with E-state index < -0.39 is 0 Å². The van der Waals surface area contributed by atoms with Crippen molar-refractivity contribution in [3.63, 3.8) is 0 Å². The molecule has 0 amide bonds. The topological polar surface area (TPSA) is 49.2 Å². The first-order chi connectivity index (χ1) is 27.2. The molecule has 1 aliphatic heterocycles. The molecule has 1 aliphatic rings. The SMILES string of the molecule is c1ccc(-c2cc(-c3ccccc3)nc(-c3ccc(-c4ccc(-n5c6ccccc6c6ccc7c(c65)Oc5c(ccc6ccccc56)O7)cc4)cc3)n2)cc1. The van der Waals surface area contributed by atoms with E-state index in [1.54, 1.807) is 0 Å². The molecule has 5 heteroatoms. The van der Waals surface area contributed by atoms with Crippen LogP contribution in [0.2, 0.25) is 0 Å². The molecule has 8 aromatic carbocycles. The van der Waals surface area contributed by atoms with Crippen molar-refractivity contribution in [2.45, 2.75) is 0 Å². The van der Waals surface area contributed by atoms with Crippen LogP contribution in [0.5, 0.6) is 23.0 Å². The first kappa shape index (κ1) is 31.1. The first-order valence-electron chi connectivity index (χ1n) is 18.4. The third kappa shape index (κ3) is 5.24. The second-order valence-corrected chi connectivity index (χ2v) is 13.8. The predicted molar refractivity (Wildman–Crippen MR) is 222 cm³/mol. The molecule has 0 bridgehead atoms. The van der Waals surface area contributed by atoms with Crippen LogP contribution >= 0.6 is 0 Å². The Kier molecular flexibility index (Phi) is 7.10. The third-order valence-electron chi connectivity index (χ3n) is 10.5. The number of para-hydroxylation sites is 1. The van der Waals surface area contributed by atoms with Crippen LogP contribution in [0.3, 0.4) is 0 Å². The number of aromatic nitrogens is 3. The van der Waals surface area contributed by atoms with Gasteiger partial charge in [0.15, 0.2) is 28.8 Å². The summed E-state index contributed by atoms with van der Waals surface area (Å²) in [5, 5.41) is 4.39. The summed E-state index contributed by atoms with van der Waals surface area (Å²) in [6.07, 6.45) is 0. The lowest BCUT2D eigenvalue weighted by atomic mass is 10.0. The van der Waals surface area contributed by atoms with E-state index in [0.717, 1.165) is 89.0 Å². The Bertz CT molecular complexity index is 3010. The smallest absolute Gasteiger partial charge is 0.194 e. The number of nitrogens with zero attached hydrogens (tertiary/aromatic N) is 3. The van der Waals surface area contributed by atoms with Gasteiger partial charge in [0.05, 0.1) is 16.9 Å². The third-order valence-corrected chi connectivity index (χ3v) is 10.5. The van der Waals surface area contributed by atoms with E-state index in [1.165, 1.54) is 0 Å². The zero-order valence-electron chi connectivity index (χ0n) is 29.6. The van der Waals surface area contributed by atoms with Gasteiger partial charge in [-0.1, -0.05) is 146 Å². The lowest BCUT2D eigenvalue weighted by molar-refractivity contribution is 0.366. The quantitative estimate of drug-likeness (QED) is 0.179. The molecule has 0 atom stereocenters. The minimum atomic E-state index is 0.693. The van der Waals surface area contributed by atoms with Gasteiger partial charge in [-0.15, -0.1) is 0 Å². The molecule has 0 unspecified atom stereocenters. The van der Waals surface area contributed by atoms with E-state index in [0.29, 0.717) is 17.3 Å². The Morgan fingerprint density at radius 2 is 0.945 bits per heavy atom. The summed E-state index contributed by atoms with van der Waals surface area (Å²) in [6.45, 7) is 0. The summed E-state index contributed by atoms with van der Waals surface area (Å²) in [5.41, 5.74) is 10.2. The molecule has 11 rings (SSSR count). The second-order valence-electron chi connectivity index (χ2n) is 13.8. The number of ether oxygens (including phenoxy) is 2. The molecule has 0 aliphatic carbocycles. The molecule has 0 fully saturated rings. The summed E-state index contributed by atoms with van der Waals surface area (Å²) >= 11 is 0. The van der Waals surface area contributed by atoms with Gasteiger partial charge >= 0.3 is 0 Å². The van der Waals surface area contributed by atoms with Crippen LogP contribution in [0.15, 0.2) is 188 Å². The second kappa shape index (κ2) is 12.6. The molecule has 0 saturated heterocycles. The van der Waals surface area contributed by atoms with Crippen LogP contribution in [0.1, 0.15) is 0 Å². The van der Waals surface area contributed by atoms with Gasteiger partial charge in [-0.25, -0.2) is 9.97 Å². The number of benzene rings is 8. The largest absolute Gasteiger partial charge is 0.449 e. The fourth-order valence-corrected chi connectivity index (χ4v) is 7.79. The normalized spacial score (nSPS) is 11.9. The van der Waals surface area contributed by atoms with Crippen LogP contribution < -0.4 is 9.47 Å². The molecule has 0 saturated carbocycles. The monoisotopic (exact) mass is 705 g/mol. The highest BCUT2D eigenvalue weighted by Crippen LogP contribution is 2.53. The van der Waals surface area contributed by atoms with Crippen molar-refractivity contribution in [2.24, 2.45) is 0 Å². The van der Waals surface area contributed by atoms with Gasteiger partial charge < -0.3 is 14.0 Å². The van der Waals surface area contributed by atoms with Gasteiger partial charge in [-0.05, 0) is 59.0 Å². The standard InChI is InChI=1S/C50H31N3O2/c1-3-12-35(13-4-1)42-31-43(36-14-5-2-6-15-36)52-50(51-42)37-21-19-32(20-22-37)33-23-26-38(27-24-33)53-44-18-10-9-17-40(44)41-28-30-46-49(47(41)53)55-48-39-16-8-7-11-34(39)25-29-45(48)54-46/h1-31H. The van der Waals surface area contributed by atoms with Gasteiger partial charge in [-0.3, -0.25) is 0 Å². The van der Waals surface area contributed by atoms with Crippen molar-refractivity contribution in [1.82, 2.24) is 14.5 Å². The van der Waals surface area contributed by atoms with E-state index >= 15 is 0 Å². The van der Waals surface area contributed by atoms with Gasteiger partial charge in [-0.2, -0.15) is 0 Å². The summed E-state index contributed by atoms with van der Waals surface area (Å²) < 4.78 is 15.6. The number of hydrogen-bond acceptors (Lipinski definition) is 4. The Hall–Kier alpha value is -7.50. The fourth-order valence-electron chi connectivity index (χ4n) is 7.79. The van der Waals surface area contributed by atoms with E-state index in [1.807, 2.05) is 60.7 Å². The summed E-state index contributed by atoms with van der Waals surface area (Å²) in [6, 6.07) is 64.8. The first-order valence-corrected chi connectivity index (χ1v) is 18.4. The molecule has 0 N–H and O–H groups in total. The molecular weight excluding hydrogens is 675 g/mol. The molecule has 2 aromatic heterocycles. The Balaban J connectivity index is 0.971. The molecule has 0 spiro atoms. The van der Waals surface area contributed by atoms with Crippen molar-refractivity contribution >= 4 is 32.6 Å². The Morgan fingerprint density at radius 3 is 1.65 bits per heavy atom. The lowest BCUT2D eigenvalue weighted by Crippen LogP contribution is -2.02. The number of fused-ring (bicyclic) bond motifs is 8. The molecular formula is C50H31N3O2. The van der Waals surface area contributed by atoms with Crippen molar-refractivity contribution in [2.75, 3.05) is 0 Å². The highest BCUT2D eigenvalue weighted by molar-refractivity contribution is 6.12. The predicted octanol–water partition coefficient (Wildman–Crippen LogP) is 13.3. The van der Waals surface area contributed by atoms with Crippen molar-refractivity contribution < 1.29 is 9.47 Å². The Morgan fingerprint density at radius 1 is 0.382 bits per heavy atom. The maximum absolute atomic E-state index is 6.85. The molecule has 258 valence electrons. The van der Waals surface area contributed by atoms with Gasteiger partial charge in [0.2, 0.25) is 0 Å². The number of hydrogen-bond donors (Lipinski definition) is 0. The highest BCUT2D eigenvalue weighted by atomic mass is 16.6. The summed E-state index contributed by atoms with van der Waals surface area (Å²) in [5.74, 6) is 3.56. The van der Waals surface area contributed by atoms with E-state index in [2.05, 4.69) is 132 Å². The van der Waals surface area contributed by atoms with Gasteiger partial charge in [0.1, 0.15) is 5.52 Å². The minimum absolute atomic E-state index is 0.693. The highest BCUT2D eigenvalue weighted by Gasteiger charge is 2.27. The molecule has 5 nitrogen and oxygen atoms in total. The maximum Gasteiger partial charge on any atom is 0.194 e. The summed E-state index contributed by atoms with van der Waals surface area (Å²) in [7, 11) is 0. The minimum Gasteiger partial charge on any atom is -0.449 e. The van der Waals surface area contributed by atoms with E-state index in [9.17, 15) is 0 Å². The summed E-state index contributed by atoms with van der Waals surface area (Å²) in [4.78, 5) is 10.0. The van der Waals surface area contributed by atoms with Crippen molar-refractivity contribution in [1.29, 1.82) is 0 Å². The molecule has 0 radical (unpaired) electrons. The maximum atomic E-state index is 6.85. The van der Waals surface area contributed by atoms with Crippen molar-refractivity contribution in [3.8, 4) is 73.7 Å². The zero-order valence-corrected chi connectivity index (χ0v) is 29.6. The molecule has 3 heterocycles. The van der Waals surface area contributed by atoms with Crippen molar-refractivity contribution in [3.05, 3.63) is 188 Å². The van der Waals surface area contributed by atoms with E-state index in [4.69, 9.17) is 19.4 Å². The molecule has 10 aromatic rings.